The monoisotopic (exact) mass is 430 g/mol. The standard InChI is InChI=1S/C22H24F2N4OS/c1-15(2)12-28-21(17-9-5-7-11-19(17)24)25-26-22(28)30-14-20(29)27(3)13-16-8-4-6-10-18(16)23/h4-11,15H,12-14H2,1-3H3. The van der Waals surface area contributed by atoms with Gasteiger partial charge in [-0.05, 0) is 24.1 Å². The number of rotatable bonds is 8. The van der Waals surface area contributed by atoms with Crippen LogP contribution in [0.5, 0.6) is 0 Å². The average Bonchev–Trinajstić information content (AvgIpc) is 3.09. The molecule has 5 nitrogen and oxygen atoms in total. The highest BCUT2D eigenvalue weighted by molar-refractivity contribution is 7.99. The van der Waals surface area contributed by atoms with E-state index < -0.39 is 0 Å². The molecule has 0 aliphatic carbocycles. The van der Waals surface area contributed by atoms with Crippen LogP contribution in [0.25, 0.3) is 11.4 Å². The lowest BCUT2D eigenvalue weighted by molar-refractivity contribution is -0.127. The molecule has 0 saturated heterocycles. The van der Waals surface area contributed by atoms with Gasteiger partial charge in [-0.2, -0.15) is 0 Å². The van der Waals surface area contributed by atoms with Gasteiger partial charge in [0.25, 0.3) is 0 Å². The molecule has 3 aromatic rings. The molecule has 30 heavy (non-hydrogen) atoms. The van der Waals surface area contributed by atoms with Crippen molar-refractivity contribution in [1.29, 1.82) is 0 Å². The first-order chi connectivity index (χ1) is 14.4. The fraction of sp³-hybridized carbons (Fsp3) is 0.318. The number of thioether (sulfide) groups is 1. The van der Waals surface area contributed by atoms with Crippen molar-refractivity contribution in [1.82, 2.24) is 19.7 Å². The molecular formula is C22H24F2N4OS. The largest absolute Gasteiger partial charge is 0.341 e. The van der Waals surface area contributed by atoms with Crippen LogP contribution in [0.1, 0.15) is 19.4 Å². The SMILES string of the molecule is CC(C)Cn1c(SCC(=O)N(C)Cc2ccccc2F)nnc1-c1ccccc1F. The Hall–Kier alpha value is -2.74. The van der Waals surface area contributed by atoms with E-state index >= 15 is 0 Å². The van der Waals surface area contributed by atoms with E-state index in [1.807, 2.05) is 18.4 Å². The second-order valence-electron chi connectivity index (χ2n) is 7.42. The van der Waals surface area contributed by atoms with Crippen LogP contribution in [0.3, 0.4) is 0 Å². The third-order valence-corrected chi connectivity index (χ3v) is 5.45. The van der Waals surface area contributed by atoms with Crippen LogP contribution in [-0.4, -0.2) is 38.4 Å². The minimum Gasteiger partial charge on any atom is -0.341 e. The molecule has 2 aromatic carbocycles. The van der Waals surface area contributed by atoms with Gasteiger partial charge in [-0.1, -0.05) is 55.9 Å². The smallest absolute Gasteiger partial charge is 0.233 e. The molecule has 0 aliphatic heterocycles. The summed E-state index contributed by atoms with van der Waals surface area (Å²) in [5.74, 6) is -0.0157. The zero-order chi connectivity index (χ0) is 21.7. The maximum absolute atomic E-state index is 14.3. The van der Waals surface area contributed by atoms with Gasteiger partial charge >= 0.3 is 0 Å². The molecule has 0 atom stereocenters. The van der Waals surface area contributed by atoms with Crippen LogP contribution in [0.15, 0.2) is 53.7 Å². The minimum absolute atomic E-state index is 0.123. The molecule has 0 unspecified atom stereocenters. The van der Waals surface area contributed by atoms with Crippen molar-refractivity contribution in [3.8, 4) is 11.4 Å². The van der Waals surface area contributed by atoms with Crippen molar-refractivity contribution in [3.05, 3.63) is 65.7 Å². The summed E-state index contributed by atoms with van der Waals surface area (Å²) in [5, 5.41) is 8.93. The molecule has 3 rings (SSSR count). The second-order valence-corrected chi connectivity index (χ2v) is 8.36. The van der Waals surface area contributed by atoms with Crippen LogP contribution in [0.2, 0.25) is 0 Å². The molecule has 0 saturated carbocycles. The van der Waals surface area contributed by atoms with Crippen LogP contribution in [-0.2, 0) is 17.9 Å². The van der Waals surface area contributed by atoms with Gasteiger partial charge in [0.15, 0.2) is 11.0 Å². The molecule has 0 spiro atoms. The fourth-order valence-corrected chi connectivity index (χ4v) is 3.86. The topological polar surface area (TPSA) is 51.0 Å². The lowest BCUT2D eigenvalue weighted by atomic mass is 10.2. The number of halogens is 2. The van der Waals surface area contributed by atoms with Crippen LogP contribution >= 0.6 is 11.8 Å². The number of amides is 1. The van der Waals surface area contributed by atoms with Crippen molar-refractivity contribution in [3.63, 3.8) is 0 Å². The van der Waals surface area contributed by atoms with Crippen molar-refractivity contribution >= 4 is 17.7 Å². The predicted molar refractivity (Wildman–Crippen MR) is 114 cm³/mol. The summed E-state index contributed by atoms with van der Waals surface area (Å²) < 4.78 is 30.0. The Labute approximate surface area is 179 Å². The molecule has 0 fully saturated rings. The van der Waals surface area contributed by atoms with Gasteiger partial charge in [0.2, 0.25) is 5.91 Å². The lowest BCUT2D eigenvalue weighted by Crippen LogP contribution is -2.28. The maximum Gasteiger partial charge on any atom is 0.233 e. The highest BCUT2D eigenvalue weighted by Gasteiger charge is 2.20. The van der Waals surface area contributed by atoms with E-state index in [9.17, 15) is 13.6 Å². The molecule has 0 aliphatic rings. The molecule has 0 bridgehead atoms. The molecule has 1 amide bonds. The van der Waals surface area contributed by atoms with E-state index in [1.165, 1.54) is 28.8 Å². The summed E-state index contributed by atoms with van der Waals surface area (Å²) in [6, 6.07) is 12.8. The van der Waals surface area contributed by atoms with Gasteiger partial charge in [-0.15, -0.1) is 10.2 Å². The number of aromatic nitrogens is 3. The predicted octanol–water partition coefficient (Wildman–Crippen LogP) is 4.63. The van der Waals surface area contributed by atoms with Crippen molar-refractivity contribution in [2.24, 2.45) is 5.92 Å². The van der Waals surface area contributed by atoms with Gasteiger partial charge in [0.1, 0.15) is 11.6 Å². The summed E-state index contributed by atoms with van der Waals surface area (Å²) in [5.41, 5.74) is 0.837. The zero-order valence-electron chi connectivity index (χ0n) is 17.2. The van der Waals surface area contributed by atoms with Gasteiger partial charge in [-0.25, -0.2) is 8.78 Å². The highest BCUT2D eigenvalue weighted by Crippen LogP contribution is 2.27. The number of nitrogens with zero attached hydrogens (tertiary/aromatic N) is 4. The van der Waals surface area contributed by atoms with Crippen molar-refractivity contribution in [2.75, 3.05) is 12.8 Å². The quantitative estimate of drug-likeness (QED) is 0.489. The molecule has 1 heterocycles. The molecule has 0 N–H and O–H groups in total. The third kappa shape index (κ3) is 5.24. The third-order valence-electron chi connectivity index (χ3n) is 4.50. The van der Waals surface area contributed by atoms with Gasteiger partial charge in [0.05, 0.1) is 11.3 Å². The Bertz CT molecular complexity index is 1020. The molecule has 8 heteroatoms. The summed E-state index contributed by atoms with van der Waals surface area (Å²) in [6.07, 6.45) is 0. The van der Waals surface area contributed by atoms with Crippen molar-refractivity contribution in [2.45, 2.75) is 32.1 Å². The first-order valence-corrected chi connectivity index (χ1v) is 10.6. The number of carbonyl (C=O) groups is 1. The summed E-state index contributed by atoms with van der Waals surface area (Å²) >= 11 is 1.24. The maximum atomic E-state index is 14.3. The lowest BCUT2D eigenvalue weighted by Gasteiger charge is -2.18. The van der Waals surface area contributed by atoms with Crippen LogP contribution < -0.4 is 0 Å². The normalized spacial score (nSPS) is 11.1. The molecule has 0 radical (unpaired) electrons. The zero-order valence-corrected chi connectivity index (χ0v) is 18.0. The first kappa shape index (κ1) is 22.0. The fourth-order valence-electron chi connectivity index (χ4n) is 2.97. The van der Waals surface area contributed by atoms with E-state index in [0.717, 1.165) is 0 Å². The Morgan fingerprint density at radius 3 is 2.40 bits per heavy atom. The van der Waals surface area contributed by atoms with E-state index in [-0.39, 0.29) is 35.8 Å². The van der Waals surface area contributed by atoms with Gasteiger partial charge in [0, 0.05) is 25.7 Å². The first-order valence-electron chi connectivity index (χ1n) is 9.65. The number of hydrogen-bond acceptors (Lipinski definition) is 4. The van der Waals surface area contributed by atoms with Gasteiger partial charge in [-0.3, -0.25) is 4.79 Å². The molecular weight excluding hydrogens is 406 g/mol. The number of benzene rings is 2. The summed E-state index contributed by atoms with van der Waals surface area (Å²) in [4.78, 5) is 14.0. The van der Waals surface area contributed by atoms with Crippen molar-refractivity contribution < 1.29 is 13.6 Å². The van der Waals surface area contributed by atoms with E-state index in [4.69, 9.17) is 0 Å². The van der Waals surface area contributed by atoms with E-state index in [0.29, 0.717) is 28.7 Å². The second kappa shape index (κ2) is 9.84. The molecule has 1 aromatic heterocycles. The highest BCUT2D eigenvalue weighted by atomic mass is 32.2. The van der Waals surface area contributed by atoms with Crippen LogP contribution in [0.4, 0.5) is 8.78 Å². The van der Waals surface area contributed by atoms with Gasteiger partial charge < -0.3 is 9.47 Å². The minimum atomic E-state index is -0.368. The summed E-state index contributed by atoms with van der Waals surface area (Å²) in [6.45, 7) is 4.88. The average molecular weight is 431 g/mol. The number of hydrogen-bond donors (Lipinski definition) is 0. The Kier molecular flexibility index (Phi) is 7.20. The summed E-state index contributed by atoms with van der Waals surface area (Å²) in [7, 11) is 1.64. The Morgan fingerprint density at radius 1 is 1.07 bits per heavy atom. The number of carbonyl (C=O) groups excluding carboxylic acids is 1. The van der Waals surface area contributed by atoms with E-state index in [1.54, 1.807) is 43.4 Å². The Balaban J connectivity index is 1.74. The van der Waals surface area contributed by atoms with Crippen LogP contribution in [0, 0.1) is 17.6 Å². The Morgan fingerprint density at radius 2 is 1.73 bits per heavy atom. The molecule has 158 valence electrons. The van der Waals surface area contributed by atoms with E-state index in [2.05, 4.69) is 10.2 Å².